The molecule has 0 bridgehead atoms. The summed E-state index contributed by atoms with van der Waals surface area (Å²) in [6.45, 7) is 8.27. The number of hydrogen-bond donors (Lipinski definition) is 1. The number of aliphatic hydroxyl groups excluding tert-OH is 1. The third-order valence-corrected chi connectivity index (χ3v) is 3.17. The molecule has 5 nitrogen and oxygen atoms in total. The number of nitrogens with zero attached hydrogens (tertiary/aromatic N) is 1. The molecule has 1 saturated heterocycles. The van der Waals surface area contributed by atoms with E-state index in [1.165, 1.54) is 0 Å². The molecule has 110 valence electrons. The van der Waals surface area contributed by atoms with E-state index in [2.05, 4.69) is 0 Å². The molecule has 1 fully saturated rings. The number of piperidine rings is 1. The Bertz CT molecular complexity index is 335. The Hall–Kier alpha value is -1.10. The van der Waals surface area contributed by atoms with Crippen LogP contribution in [0, 0.1) is 11.8 Å². The number of Topliss-reactive ketones (excluding diaryl/α,β-unsaturated/α-hetero) is 1. The highest BCUT2D eigenvalue weighted by Gasteiger charge is 2.32. The average molecular weight is 271 g/mol. The Kier molecular flexibility index (Phi) is 5.35. The summed E-state index contributed by atoms with van der Waals surface area (Å²) in [5, 5.41) is 9.06. The zero-order valence-electron chi connectivity index (χ0n) is 12.3. The monoisotopic (exact) mass is 271 g/mol. The molecular weight excluding hydrogens is 246 g/mol. The van der Waals surface area contributed by atoms with E-state index in [-0.39, 0.29) is 30.3 Å². The second-order valence-corrected chi connectivity index (χ2v) is 6.36. The number of amides is 1. The van der Waals surface area contributed by atoms with Gasteiger partial charge in [0.2, 0.25) is 0 Å². The summed E-state index contributed by atoms with van der Waals surface area (Å²) in [5.41, 5.74) is -0.521. The van der Waals surface area contributed by atoms with E-state index in [1.54, 1.807) is 4.90 Å². The van der Waals surface area contributed by atoms with Crippen molar-refractivity contribution >= 4 is 11.9 Å². The van der Waals surface area contributed by atoms with Gasteiger partial charge in [0.1, 0.15) is 11.4 Å². The highest BCUT2D eigenvalue weighted by Crippen LogP contribution is 2.22. The number of hydrogen-bond acceptors (Lipinski definition) is 4. The van der Waals surface area contributed by atoms with Gasteiger partial charge >= 0.3 is 6.09 Å². The van der Waals surface area contributed by atoms with E-state index < -0.39 is 5.60 Å². The van der Waals surface area contributed by atoms with Gasteiger partial charge in [0.15, 0.2) is 0 Å². The maximum atomic E-state index is 12.0. The average Bonchev–Trinajstić information content (AvgIpc) is 2.29. The van der Waals surface area contributed by atoms with Crippen LogP contribution in [0.1, 0.15) is 40.5 Å². The van der Waals surface area contributed by atoms with Crippen LogP contribution in [-0.2, 0) is 9.53 Å². The van der Waals surface area contributed by atoms with Gasteiger partial charge in [0.05, 0.1) is 0 Å². The van der Waals surface area contributed by atoms with Crippen molar-refractivity contribution in [1.29, 1.82) is 0 Å². The predicted octanol–water partition coefficient (Wildman–Crippen LogP) is 1.83. The number of ketones is 1. The topological polar surface area (TPSA) is 66.8 Å². The number of likely N-dealkylation sites (tertiary alicyclic amines) is 1. The lowest BCUT2D eigenvalue weighted by atomic mass is 9.88. The summed E-state index contributed by atoms with van der Waals surface area (Å²) in [7, 11) is 0. The summed E-state index contributed by atoms with van der Waals surface area (Å²) in [4.78, 5) is 25.4. The Morgan fingerprint density at radius 2 is 2.16 bits per heavy atom. The van der Waals surface area contributed by atoms with Gasteiger partial charge in [-0.15, -0.1) is 0 Å². The van der Waals surface area contributed by atoms with Crippen LogP contribution in [0.5, 0.6) is 0 Å². The molecule has 1 heterocycles. The Balaban J connectivity index is 2.59. The molecule has 1 rings (SSSR count). The van der Waals surface area contributed by atoms with Crippen molar-refractivity contribution in [1.82, 2.24) is 4.90 Å². The van der Waals surface area contributed by atoms with Crippen LogP contribution in [0.2, 0.25) is 0 Å². The molecular formula is C14H25NO4. The van der Waals surface area contributed by atoms with Gasteiger partial charge in [0.25, 0.3) is 0 Å². The van der Waals surface area contributed by atoms with Crippen LogP contribution in [0.15, 0.2) is 0 Å². The molecule has 2 atom stereocenters. The Morgan fingerprint density at radius 1 is 1.53 bits per heavy atom. The molecule has 0 aromatic carbocycles. The summed E-state index contributed by atoms with van der Waals surface area (Å²) in [5.74, 6) is 0.0797. The third-order valence-electron chi connectivity index (χ3n) is 3.17. The maximum absolute atomic E-state index is 12.0. The first-order valence-electron chi connectivity index (χ1n) is 6.84. The van der Waals surface area contributed by atoms with Gasteiger partial charge < -0.3 is 14.7 Å². The molecule has 1 amide bonds. The SMILES string of the molecule is CC(CO)CC1CN(C(=O)OC(C)(C)C)CCC1=O. The van der Waals surface area contributed by atoms with E-state index in [1.807, 2.05) is 27.7 Å². The van der Waals surface area contributed by atoms with Crippen molar-refractivity contribution in [2.24, 2.45) is 11.8 Å². The van der Waals surface area contributed by atoms with E-state index in [0.717, 1.165) is 0 Å². The lowest BCUT2D eigenvalue weighted by Gasteiger charge is -2.34. The van der Waals surface area contributed by atoms with Crippen LogP contribution in [0.4, 0.5) is 4.79 Å². The number of ether oxygens (including phenoxy) is 1. The van der Waals surface area contributed by atoms with Crippen LogP contribution in [0.3, 0.4) is 0 Å². The summed E-state index contributed by atoms with van der Waals surface area (Å²) < 4.78 is 5.32. The van der Waals surface area contributed by atoms with Crippen LogP contribution in [-0.4, -0.2) is 47.2 Å². The molecule has 0 saturated carbocycles. The fourth-order valence-electron chi connectivity index (χ4n) is 2.17. The molecule has 0 aromatic rings. The van der Waals surface area contributed by atoms with Crippen molar-refractivity contribution in [2.75, 3.05) is 19.7 Å². The first-order chi connectivity index (χ1) is 8.73. The fraction of sp³-hybridized carbons (Fsp3) is 0.857. The first-order valence-corrected chi connectivity index (χ1v) is 6.84. The molecule has 5 heteroatoms. The molecule has 1 N–H and O–H groups in total. The van der Waals surface area contributed by atoms with Gasteiger partial charge in [-0.05, 0) is 33.1 Å². The third kappa shape index (κ3) is 5.19. The van der Waals surface area contributed by atoms with Gasteiger partial charge in [-0.1, -0.05) is 6.92 Å². The molecule has 0 aromatic heterocycles. The molecule has 0 radical (unpaired) electrons. The zero-order valence-corrected chi connectivity index (χ0v) is 12.3. The molecule has 1 aliphatic heterocycles. The quantitative estimate of drug-likeness (QED) is 0.850. The normalized spacial score (nSPS) is 22.3. The lowest BCUT2D eigenvalue weighted by molar-refractivity contribution is -0.126. The van der Waals surface area contributed by atoms with Crippen molar-refractivity contribution in [3.05, 3.63) is 0 Å². The predicted molar refractivity (Wildman–Crippen MR) is 71.8 cm³/mol. The van der Waals surface area contributed by atoms with Crippen LogP contribution >= 0.6 is 0 Å². The van der Waals surface area contributed by atoms with E-state index in [4.69, 9.17) is 9.84 Å². The number of aliphatic hydroxyl groups is 1. The molecule has 19 heavy (non-hydrogen) atoms. The molecule has 1 aliphatic rings. The minimum Gasteiger partial charge on any atom is -0.444 e. The van der Waals surface area contributed by atoms with E-state index >= 15 is 0 Å². The van der Waals surface area contributed by atoms with Crippen LogP contribution in [0.25, 0.3) is 0 Å². The molecule has 0 aliphatic carbocycles. The van der Waals surface area contributed by atoms with Gasteiger partial charge in [-0.2, -0.15) is 0 Å². The minimum atomic E-state index is -0.521. The summed E-state index contributed by atoms with van der Waals surface area (Å²) in [6, 6.07) is 0. The van der Waals surface area contributed by atoms with E-state index in [0.29, 0.717) is 25.9 Å². The van der Waals surface area contributed by atoms with Crippen molar-refractivity contribution < 1.29 is 19.4 Å². The smallest absolute Gasteiger partial charge is 0.410 e. The van der Waals surface area contributed by atoms with Gasteiger partial charge in [-0.25, -0.2) is 4.79 Å². The maximum Gasteiger partial charge on any atom is 0.410 e. The first kappa shape index (κ1) is 16.0. The standard InChI is InChI=1S/C14H25NO4/c1-10(9-16)7-11-8-15(6-5-12(11)17)13(18)19-14(2,3)4/h10-11,16H,5-9H2,1-4H3. The number of carbonyl (C=O) groups is 2. The van der Waals surface area contributed by atoms with Crippen molar-refractivity contribution in [2.45, 2.75) is 46.1 Å². The zero-order chi connectivity index (χ0) is 14.6. The number of rotatable bonds is 3. The summed E-state index contributed by atoms with van der Waals surface area (Å²) >= 11 is 0. The van der Waals surface area contributed by atoms with Crippen molar-refractivity contribution in [3.63, 3.8) is 0 Å². The molecule has 2 unspecified atom stereocenters. The van der Waals surface area contributed by atoms with E-state index in [9.17, 15) is 9.59 Å². The lowest BCUT2D eigenvalue weighted by Crippen LogP contribution is -2.46. The Morgan fingerprint density at radius 3 is 2.68 bits per heavy atom. The second-order valence-electron chi connectivity index (χ2n) is 6.36. The largest absolute Gasteiger partial charge is 0.444 e. The second kappa shape index (κ2) is 6.37. The van der Waals surface area contributed by atoms with Gasteiger partial charge in [-0.3, -0.25) is 4.79 Å². The summed E-state index contributed by atoms with van der Waals surface area (Å²) in [6.07, 6.45) is 0.637. The highest BCUT2D eigenvalue weighted by molar-refractivity contribution is 5.84. The van der Waals surface area contributed by atoms with Crippen molar-refractivity contribution in [3.8, 4) is 0 Å². The van der Waals surface area contributed by atoms with Crippen LogP contribution < -0.4 is 0 Å². The Labute approximate surface area is 114 Å². The number of carbonyl (C=O) groups excluding carboxylic acids is 2. The minimum absolute atomic E-state index is 0.0657. The molecule has 0 spiro atoms. The van der Waals surface area contributed by atoms with Gasteiger partial charge in [0, 0.05) is 32.0 Å². The fourth-order valence-corrected chi connectivity index (χ4v) is 2.17. The highest BCUT2D eigenvalue weighted by atomic mass is 16.6.